The molecule has 2 rings (SSSR count). The fourth-order valence-electron chi connectivity index (χ4n) is 2.48. The second-order valence-corrected chi connectivity index (χ2v) is 7.34. The van der Waals surface area contributed by atoms with E-state index in [9.17, 15) is 23.1 Å². The Hall–Kier alpha value is -1.93. The van der Waals surface area contributed by atoms with Gasteiger partial charge in [-0.1, -0.05) is 25.5 Å². The number of carboxylic acids is 1. The molecule has 0 unspecified atom stereocenters. The fraction of sp³-hybridized carbons (Fsp3) is 0.467. The van der Waals surface area contributed by atoms with Crippen molar-refractivity contribution >= 4 is 21.9 Å². The highest BCUT2D eigenvalue weighted by Crippen LogP contribution is 2.41. The fourth-order valence-corrected chi connectivity index (χ4v) is 3.52. The van der Waals surface area contributed by atoms with Gasteiger partial charge >= 0.3 is 5.97 Å². The number of hydrogen-bond acceptors (Lipinski definition) is 4. The molecule has 0 atom stereocenters. The van der Waals surface area contributed by atoms with Gasteiger partial charge in [-0.2, -0.15) is 0 Å². The molecule has 0 aromatic heterocycles. The Bertz CT molecular complexity index is 693. The largest absolute Gasteiger partial charge is 0.480 e. The molecule has 1 aromatic rings. The molecule has 8 heteroatoms. The quantitative estimate of drug-likeness (QED) is 0.637. The number of rotatable bonds is 7. The van der Waals surface area contributed by atoms with Crippen molar-refractivity contribution in [2.45, 2.75) is 37.6 Å². The predicted octanol–water partition coefficient (Wildman–Crippen LogP) is 0.856. The zero-order valence-corrected chi connectivity index (χ0v) is 13.6. The molecule has 0 spiro atoms. The average molecular weight is 340 g/mol. The monoisotopic (exact) mass is 340 g/mol. The number of aliphatic carboxylic acids is 1. The van der Waals surface area contributed by atoms with Gasteiger partial charge < -0.3 is 10.4 Å². The van der Waals surface area contributed by atoms with Crippen LogP contribution in [0.3, 0.4) is 0 Å². The van der Waals surface area contributed by atoms with Gasteiger partial charge in [0.1, 0.15) is 5.41 Å². The summed E-state index contributed by atoms with van der Waals surface area (Å²) in [5.41, 5.74) is -0.595. The number of benzene rings is 1. The Morgan fingerprint density at radius 3 is 2.26 bits per heavy atom. The molecule has 23 heavy (non-hydrogen) atoms. The molecule has 1 saturated carbocycles. The maximum Gasteiger partial charge on any atom is 0.319 e. The molecule has 0 radical (unpaired) electrons. The first-order chi connectivity index (χ1) is 10.8. The standard InChI is InChI=1S/C15H20N2O5S/c1-2-17-23(21,22)12-6-4-11(5-7-12)10-16-13(18)15(14(19)20)8-3-9-15/h4-7,17H,2-3,8-10H2,1H3,(H,16,18)(H,19,20). The number of sulfonamides is 1. The Kier molecular flexibility index (Phi) is 5.06. The second kappa shape index (κ2) is 6.67. The number of nitrogens with one attached hydrogen (secondary N) is 2. The van der Waals surface area contributed by atoms with E-state index in [4.69, 9.17) is 0 Å². The molecular weight excluding hydrogens is 320 g/mol. The van der Waals surface area contributed by atoms with E-state index < -0.39 is 27.3 Å². The van der Waals surface area contributed by atoms with Crippen molar-refractivity contribution in [3.8, 4) is 0 Å². The summed E-state index contributed by atoms with van der Waals surface area (Å²) in [6.45, 7) is 2.16. The summed E-state index contributed by atoms with van der Waals surface area (Å²) in [5.74, 6) is -1.58. The Labute approximate surface area is 135 Å². The minimum Gasteiger partial charge on any atom is -0.480 e. The van der Waals surface area contributed by atoms with Crippen LogP contribution in [0.15, 0.2) is 29.2 Å². The molecule has 1 aliphatic rings. The number of amides is 1. The van der Waals surface area contributed by atoms with E-state index in [1.165, 1.54) is 12.1 Å². The van der Waals surface area contributed by atoms with Gasteiger partial charge in [0, 0.05) is 13.1 Å². The first kappa shape index (κ1) is 17.4. The van der Waals surface area contributed by atoms with Gasteiger partial charge in [-0.15, -0.1) is 0 Å². The predicted molar refractivity (Wildman–Crippen MR) is 83.1 cm³/mol. The van der Waals surface area contributed by atoms with E-state index in [1.54, 1.807) is 19.1 Å². The van der Waals surface area contributed by atoms with E-state index in [2.05, 4.69) is 10.0 Å². The molecular formula is C15H20N2O5S. The van der Waals surface area contributed by atoms with Gasteiger partial charge in [0.05, 0.1) is 4.90 Å². The van der Waals surface area contributed by atoms with E-state index in [1.807, 2.05) is 0 Å². The maximum atomic E-state index is 12.1. The number of carbonyl (C=O) groups excluding carboxylic acids is 1. The topological polar surface area (TPSA) is 113 Å². The van der Waals surface area contributed by atoms with Gasteiger partial charge in [-0.3, -0.25) is 9.59 Å². The minimum atomic E-state index is -3.50. The summed E-state index contributed by atoms with van der Waals surface area (Å²) in [6.07, 6.45) is 1.44. The third-order valence-corrected chi connectivity index (χ3v) is 5.63. The van der Waals surface area contributed by atoms with Crippen molar-refractivity contribution in [2.24, 2.45) is 5.41 Å². The van der Waals surface area contributed by atoms with E-state index >= 15 is 0 Å². The van der Waals surface area contributed by atoms with Crippen LogP contribution in [0, 0.1) is 5.41 Å². The maximum absolute atomic E-state index is 12.1. The number of carbonyl (C=O) groups is 2. The lowest BCUT2D eigenvalue weighted by molar-refractivity contribution is -0.162. The van der Waals surface area contributed by atoms with Crippen LogP contribution in [-0.2, 0) is 26.2 Å². The van der Waals surface area contributed by atoms with Crippen molar-refractivity contribution in [1.82, 2.24) is 10.0 Å². The SMILES string of the molecule is CCNS(=O)(=O)c1ccc(CNC(=O)C2(C(=O)O)CCC2)cc1. The smallest absolute Gasteiger partial charge is 0.319 e. The molecule has 1 amide bonds. The lowest BCUT2D eigenvalue weighted by Gasteiger charge is -2.35. The van der Waals surface area contributed by atoms with Crippen LogP contribution in [0.5, 0.6) is 0 Å². The van der Waals surface area contributed by atoms with Crippen LogP contribution in [0.4, 0.5) is 0 Å². The van der Waals surface area contributed by atoms with Crippen LogP contribution in [0.25, 0.3) is 0 Å². The Morgan fingerprint density at radius 1 is 1.22 bits per heavy atom. The molecule has 0 saturated heterocycles. The van der Waals surface area contributed by atoms with E-state index in [-0.39, 0.29) is 11.4 Å². The van der Waals surface area contributed by atoms with Gasteiger partial charge in [0.15, 0.2) is 0 Å². The Balaban J connectivity index is 1.99. The van der Waals surface area contributed by atoms with Crippen molar-refractivity contribution < 1.29 is 23.1 Å². The van der Waals surface area contributed by atoms with Crippen LogP contribution in [-0.4, -0.2) is 31.9 Å². The summed E-state index contributed by atoms with van der Waals surface area (Å²) >= 11 is 0. The summed E-state index contributed by atoms with van der Waals surface area (Å²) in [7, 11) is -3.50. The molecule has 0 aliphatic heterocycles. The highest BCUT2D eigenvalue weighted by atomic mass is 32.2. The van der Waals surface area contributed by atoms with Gasteiger partial charge in [-0.05, 0) is 30.5 Å². The number of hydrogen-bond donors (Lipinski definition) is 3. The second-order valence-electron chi connectivity index (χ2n) is 5.57. The minimum absolute atomic E-state index is 0.149. The van der Waals surface area contributed by atoms with Crippen molar-refractivity contribution in [3.63, 3.8) is 0 Å². The average Bonchev–Trinajstić information content (AvgIpc) is 2.44. The van der Waals surface area contributed by atoms with Crippen LogP contribution in [0.1, 0.15) is 31.7 Å². The molecule has 3 N–H and O–H groups in total. The first-order valence-corrected chi connectivity index (χ1v) is 8.90. The summed E-state index contributed by atoms with van der Waals surface area (Å²) in [6, 6.07) is 6.10. The van der Waals surface area contributed by atoms with Gasteiger partial charge in [0.2, 0.25) is 15.9 Å². The third kappa shape index (κ3) is 3.53. The lowest BCUT2D eigenvalue weighted by atomic mass is 9.68. The van der Waals surface area contributed by atoms with Gasteiger partial charge in [-0.25, -0.2) is 13.1 Å². The normalized spacial score (nSPS) is 16.4. The van der Waals surface area contributed by atoms with Crippen molar-refractivity contribution in [2.75, 3.05) is 6.54 Å². The van der Waals surface area contributed by atoms with Crippen molar-refractivity contribution in [3.05, 3.63) is 29.8 Å². The molecule has 0 bridgehead atoms. The lowest BCUT2D eigenvalue weighted by Crippen LogP contribution is -2.50. The first-order valence-electron chi connectivity index (χ1n) is 7.42. The molecule has 1 aliphatic carbocycles. The Morgan fingerprint density at radius 2 is 1.83 bits per heavy atom. The zero-order chi connectivity index (χ0) is 17.1. The zero-order valence-electron chi connectivity index (χ0n) is 12.8. The number of carboxylic acid groups (broad SMARTS) is 1. The van der Waals surface area contributed by atoms with Crippen LogP contribution in [0.2, 0.25) is 0 Å². The van der Waals surface area contributed by atoms with E-state index in [0.717, 1.165) is 6.42 Å². The molecule has 7 nitrogen and oxygen atoms in total. The summed E-state index contributed by atoms with van der Waals surface area (Å²) < 4.78 is 26.0. The highest BCUT2D eigenvalue weighted by Gasteiger charge is 2.50. The van der Waals surface area contributed by atoms with E-state index in [0.29, 0.717) is 24.9 Å². The van der Waals surface area contributed by atoms with Crippen LogP contribution < -0.4 is 10.0 Å². The third-order valence-electron chi connectivity index (χ3n) is 4.07. The highest BCUT2D eigenvalue weighted by molar-refractivity contribution is 7.89. The summed E-state index contributed by atoms with van der Waals surface area (Å²) in [4.78, 5) is 23.5. The molecule has 0 heterocycles. The molecule has 1 fully saturated rings. The molecule has 1 aromatic carbocycles. The molecule has 126 valence electrons. The van der Waals surface area contributed by atoms with Gasteiger partial charge in [0.25, 0.3) is 0 Å². The van der Waals surface area contributed by atoms with Crippen LogP contribution >= 0.6 is 0 Å². The van der Waals surface area contributed by atoms with Crippen molar-refractivity contribution in [1.29, 1.82) is 0 Å². The summed E-state index contributed by atoms with van der Waals surface area (Å²) in [5, 5.41) is 11.8.